The number of hydrogen-bond acceptors (Lipinski definition) is 15. The van der Waals surface area contributed by atoms with Crippen LogP contribution in [0, 0.1) is 23.7 Å². The first-order valence-electron chi connectivity index (χ1n) is 40.2. The fourth-order valence-corrected chi connectivity index (χ4v) is 13.5. The Morgan fingerprint density at radius 1 is 0.258 bits per heavy atom. The highest BCUT2D eigenvalue weighted by Crippen LogP contribution is 2.45. The Hall–Kier alpha value is -1.94. The lowest BCUT2D eigenvalue weighted by atomic mass is 10.0. The van der Waals surface area contributed by atoms with Crippen LogP contribution < -0.4 is 0 Å². The number of esters is 4. The van der Waals surface area contributed by atoms with Gasteiger partial charge in [-0.05, 0) is 49.4 Å². The maximum absolute atomic E-state index is 13.1. The summed E-state index contributed by atoms with van der Waals surface area (Å²) in [6.07, 6.45) is 53.1. The maximum atomic E-state index is 13.1. The first-order valence-corrected chi connectivity index (χ1v) is 43.2. The van der Waals surface area contributed by atoms with Gasteiger partial charge in [0.15, 0.2) is 12.2 Å². The Kier molecular flexibility index (Phi) is 65.9. The molecule has 576 valence electrons. The predicted molar refractivity (Wildman–Crippen MR) is 395 cm³/mol. The van der Waals surface area contributed by atoms with E-state index in [4.69, 9.17) is 37.0 Å². The minimum atomic E-state index is -4.96. The first-order chi connectivity index (χ1) is 46.6. The Balaban J connectivity index is 5.15. The lowest BCUT2D eigenvalue weighted by Crippen LogP contribution is -2.30. The van der Waals surface area contributed by atoms with E-state index in [-0.39, 0.29) is 25.7 Å². The van der Waals surface area contributed by atoms with Crippen molar-refractivity contribution in [2.75, 3.05) is 39.6 Å². The van der Waals surface area contributed by atoms with Gasteiger partial charge in [-0.25, -0.2) is 9.13 Å². The van der Waals surface area contributed by atoms with Gasteiger partial charge in [0.1, 0.15) is 19.3 Å². The van der Waals surface area contributed by atoms with Gasteiger partial charge in [0.05, 0.1) is 26.4 Å². The van der Waals surface area contributed by atoms with Gasteiger partial charge in [0, 0.05) is 25.7 Å². The van der Waals surface area contributed by atoms with Crippen LogP contribution in [0.25, 0.3) is 0 Å². The average molecular weight is 1420 g/mol. The summed E-state index contributed by atoms with van der Waals surface area (Å²) in [4.78, 5) is 72.8. The fourth-order valence-electron chi connectivity index (χ4n) is 11.9. The molecule has 0 amide bonds. The molecule has 0 radical (unpaired) electrons. The number of aliphatic hydroxyl groups is 1. The van der Waals surface area contributed by atoms with Crippen LogP contribution in [0.1, 0.15) is 396 Å². The number of rotatable bonds is 75. The van der Waals surface area contributed by atoms with Crippen molar-refractivity contribution >= 4 is 39.5 Å². The molecule has 0 aliphatic rings. The Morgan fingerprint density at radius 3 is 0.639 bits per heavy atom. The molecule has 0 aliphatic carbocycles. The van der Waals surface area contributed by atoms with Crippen molar-refractivity contribution in [1.82, 2.24) is 0 Å². The lowest BCUT2D eigenvalue weighted by molar-refractivity contribution is -0.161. The zero-order valence-corrected chi connectivity index (χ0v) is 65.5. The molecule has 3 N–H and O–H groups in total. The summed E-state index contributed by atoms with van der Waals surface area (Å²) < 4.78 is 68.5. The highest BCUT2D eigenvalue weighted by Gasteiger charge is 2.30. The molecule has 97 heavy (non-hydrogen) atoms. The summed E-state index contributed by atoms with van der Waals surface area (Å²) in [6, 6.07) is 0. The van der Waals surface area contributed by atoms with Crippen molar-refractivity contribution < 1.29 is 80.2 Å². The van der Waals surface area contributed by atoms with E-state index < -0.39 is 97.5 Å². The van der Waals surface area contributed by atoms with Crippen molar-refractivity contribution in [1.29, 1.82) is 0 Å². The highest BCUT2D eigenvalue weighted by atomic mass is 31.2. The van der Waals surface area contributed by atoms with Crippen molar-refractivity contribution in [2.45, 2.75) is 414 Å². The summed E-state index contributed by atoms with van der Waals surface area (Å²) >= 11 is 0. The Bertz CT molecular complexity index is 1900. The van der Waals surface area contributed by atoms with E-state index in [1.165, 1.54) is 186 Å². The topological polar surface area (TPSA) is 237 Å². The molecule has 0 fully saturated rings. The van der Waals surface area contributed by atoms with Crippen molar-refractivity contribution in [3.63, 3.8) is 0 Å². The van der Waals surface area contributed by atoms with E-state index in [0.29, 0.717) is 37.5 Å². The van der Waals surface area contributed by atoms with E-state index in [0.717, 1.165) is 115 Å². The molecule has 0 rings (SSSR count). The number of aliphatic hydroxyl groups excluding tert-OH is 1. The zero-order valence-electron chi connectivity index (χ0n) is 63.7. The summed E-state index contributed by atoms with van der Waals surface area (Å²) in [5.74, 6) is 0.878. The number of carbonyl (C=O) groups is 4. The van der Waals surface area contributed by atoms with E-state index >= 15 is 0 Å². The van der Waals surface area contributed by atoms with Crippen LogP contribution in [0.2, 0.25) is 0 Å². The third-order valence-corrected chi connectivity index (χ3v) is 20.0. The molecule has 3 unspecified atom stereocenters. The van der Waals surface area contributed by atoms with Gasteiger partial charge >= 0.3 is 39.5 Å². The van der Waals surface area contributed by atoms with E-state index in [1.54, 1.807) is 0 Å². The second kappa shape index (κ2) is 67.2. The standard InChI is InChI=1S/C78H152O17P2/c1-68(2)54-46-38-30-25-21-17-13-11-9-10-12-14-19-23-27-33-44-52-61-78(83)95-74(65-89-76(81)59-51-43-37-36-41-49-57-71(7)8)67-93-97(86,87)91-63-72(79)62-90-96(84,85)92-66-73(64-88-75(80)58-50-42-35-29-32-40-48-56-70(5)6)94-77(82)60-53-45-34-28-24-20-16-15-18-22-26-31-39-47-55-69(3)4/h68-74,79H,9-67H2,1-8H3,(H,84,85)(H,86,87)/t72?,73-,74-/m1/s1. The van der Waals surface area contributed by atoms with Crippen LogP contribution in [0.5, 0.6) is 0 Å². The molecule has 0 aromatic heterocycles. The number of phosphoric ester groups is 2. The van der Waals surface area contributed by atoms with Crippen LogP contribution in [0.3, 0.4) is 0 Å². The maximum Gasteiger partial charge on any atom is 0.472 e. The van der Waals surface area contributed by atoms with Crippen LogP contribution >= 0.6 is 15.6 Å². The normalized spacial score (nSPS) is 14.1. The number of carbonyl (C=O) groups excluding carboxylic acids is 4. The third kappa shape index (κ3) is 72.2. The summed E-state index contributed by atoms with van der Waals surface area (Å²) in [5.41, 5.74) is 0. The monoisotopic (exact) mass is 1420 g/mol. The Morgan fingerprint density at radius 2 is 0.433 bits per heavy atom. The van der Waals surface area contributed by atoms with Gasteiger partial charge < -0.3 is 33.8 Å². The SMILES string of the molecule is CC(C)CCCCCCCCCCCCCCCCCCCCC(=O)O[C@H](COC(=O)CCCCCCCCC(C)C)COP(=O)(O)OCC(O)COP(=O)(O)OC[C@@H](COC(=O)CCCCCCCCCC(C)C)OC(=O)CCCCCCCCCCCCCCCCC(C)C. The minimum absolute atomic E-state index is 0.106. The molecule has 0 aromatic carbocycles. The van der Waals surface area contributed by atoms with E-state index in [2.05, 4.69) is 55.4 Å². The molecule has 0 bridgehead atoms. The van der Waals surface area contributed by atoms with E-state index in [9.17, 15) is 43.2 Å². The first kappa shape index (κ1) is 95.1. The molecular weight excluding hydrogens is 1270 g/mol. The van der Waals surface area contributed by atoms with Gasteiger partial charge in [-0.1, -0.05) is 344 Å². The number of hydrogen-bond donors (Lipinski definition) is 3. The van der Waals surface area contributed by atoms with Crippen molar-refractivity contribution in [3.8, 4) is 0 Å². The zero-order chi connectivity index (χ0) is 71.7. The van der Waals surface area contributed by atoms with Gasteiger partial charge in [-0.15, -0.1) is 0 Å². The quantitative estimate of drug-likeness (QED) is 0.0222. The highest BCUT2D eigenvalue weighted by molar-refractivity contribution is 7.47. The second-order valence-electron chi connectivity index (χ2n) is 30.0. The third-order valence-electron chi connectivity index (χ3n) is 18.1. The van der Waals surface area contributed by atoms with E-state index in [1.807, 2.05) is 0 Å². The molecule has 0 aromatic rings. The van der Waals surface area contributed by atoms with Crippen LogP contribution in [0.4, 0.5) is 0 Å². The van der Waals surface area contributed by atoms with Crippen molar-refractivity contribution in [2.24, 2.45) is 23.7 Å². The van der Waals surface area contributed by atoms with Gasteiger partial charge in [-0.3, -0.25) is 37.3 Å². The second-order valence-corrected chi connectivity index (χ2v) is 32.9. The molecule has 0 heterocycles. The molecule has 19 heteroatoms. The molecule has 17 nitrogen and oxygen atoms in total. The Labute approximate surface area is 594 Å². The molecule has 0 spiro atoms. The summed E-state index contributed by atoms with van der Waals surface area (Å²) in [5, 5.41) is 10.6. The molecular formula is C78H152O17P2. The average Bonchev–Trinajstić information content (AvgIpc) is 0.970. The van der Waals surface area contributed by atoms with Gasteiger partial charge in [-0.2, -0.15) is 0 Å². The molecule has 0 saturated heterocycles. The minimum Gasteiger partial charge on any atom is -0.462 e. The van der Waals surface area contributed by atoms with Crippen molar-refractivity contribution in [3.05, 3.63) is 0 Å². The fraction of sp³-hybridized carbons (Fsp3) is 0.949. The lowest BCUT2D eigenvalue weighted by Gasteiger charge is -2.21. The van der Waals surface area contributed by atoms with Gasteiger partial charge in [0.2, 0.25) is 0 Å². The van der Waals surface area contributed by atoms with Crippen LogP contribution in [0.15, 0.2) is 0 Å². The summed E-state index contributed by atoms with van der Waals surface area (Å²) in [7, 11) is -9.91. The predicted octanol–water partition coefficient (Wildman–Crippen LogP) is 22.8. The number of phosphoric acid groups is 2. The number of unbranched alkanes of at least 4 members (excludes halogenated alkanes) is 41. The smallest absolute Gasteiger partial charge is 0.462 e. The largest absolute Gasteiger partial charge is 0.472 e. The number of ether oxygens (including phenoxy) is 4. The molecule has 0 saturated carbocycles. The summed E-state index contributed by atoms with van der Waals surface area (Å²) in [6.45, 7) is 14.1. The molecule has 5 atom stereocenters. The van der Waals surface area contributed by atoms with Gasteiger partial charge in [0.25, 0.3) is 0 Å². The van der Waals surface area contributed by atoms with Crippen LogP contribution in [-0.4, -0.2) is 96.7 Å². The molecule has 0 aliphatic heterocycles. The van der Waals surface area contributed by atoms with Crippen LogP contribution in [-0.2, 0) is 65.4 Å².